The molecule has 0 aromatic heterocycles. The van der Waals surface area contributed by atoms with Crippen molar-refractivity contribution < 1.29 is 24.3 Å². The number of thiol groups is 1. The molecule has 3 unspecified atom stereocenters. The van der Waals surface area contributed by atoms with E-state index < -0.39 is 12.0 Å². The molecule has 0 bridgehead atoms. The van der Waals surface area contributed by atoms with Crippen LogP contribution in [0.2, 0.25) is 0 Å². The Morgan fingerprint density at radius 1 is 0.873 bits per heavy atom. The van der Waals surface area contributed by atoms with Gasteiger partial charge in [-0.15, -0.1) is 22.5 Å². The van der Waals surface area contributed by atoms with E-state index in [9.17, 15) is 14.4 Å². The number of nitrogens with one attached hydrogen (secondary N) is 5. The van der Waals surface area contributed by atoms with Crippen molar-refractivity contribution in [2.45, 2.75) is 171 Å². The second-order valence-electron chi connectivity index (χ2n) is 12.5. The van der Waals surface area contributed by atoms with Crippen LogP contribution in [0.15, 0.2) is 24.6 Å². The molecule has 12 nitrogen and oxygen atoms in total. The molecule has 0 aromatic rings. The number of unbranched alkanes of at least 4 members (excludes halogenated alkanes) is 4. The lowest BCUT2D eigenvalue weighted by Gasteiger charge is -2.30. The number of carbonyl (C=O) groups is 4. The predicted octanol–water partition coefficient (Wildman–Crippen LogP) is 7.66. The number of amides is 3. The Hall–Kier alpha value is -2.42. The maximum Gasteiger partial charge on any atom is 0.300 e. The van der Waals surface area contributed by atoms with Crippen LogP contribution in [0, 0.1) is 0 Å². The summed E-state index contributed by atoms with van der Waals surface area (Å²) in [7, 11) is 4.80. The minimum atomic E-state index is -0.883. The van der Waals surface area contributed by atoms with Crippen LogP contribution >= 0.6 is 22.5 Å². The van der Waals surface area contributed by atoms with E-state index in [0.717, 1.165) is 76.2 Å². The topological polar surface area (TPSA) is 178 Å². The van der Waals surface area contributed by atoms with Gasteiger partial charge in [0.2, 0.25) is 17.7 Å². The van der Waals surface area contributed by atoms with Gasteiger partial charge in [-0.2, -0.15) is 0 Å². The number of carboxylic acids is 1. The van der Waals surface area contributed by atoms with Gasteiger partial charge in [-0.05, 0) is 65.2 Å². The molecular formula is C41H89N7O5S2. The molecule has 1 fully saturated rings. The monoisotopic (exact) mass is 824 g/mol. The van der Waals surface area contributed by atoms with Gasteiger partial charge in [-0.3, -0.25) is 19.2 Å². The van der Waals surface area contributed by atoms with E-state index in [4.69, 9.17) is 15.6 Å². The van der Waals surface area contributed by atoms with Crippen LogP contribution in [0.1, 0.15) is 153 Å². The van der Waals surface area contributed by atoms with Crippen LogP contribution in [0.5, 0.6) is 0 Å². The number of likely N-dealkylation sites (N-methyl/N-ethyl adjacent to an activating group) is 2. The Bertz CT molecular complexity index is 908. The maximum atomic E-state index is 12.8. The third kappa shape index (κ3) is 53.7. The lowest BCUT2D eigenvalue weighted by atomic mass is 9.91. The van der Waals surface area contributed by atoms with E-state index in [1.165, 1.54) is 41.4 Å². The Labute approximate surface area is 348 Å². The zero-order valence-corrected chi connectivity index (χ0v) is 39.3. The van der Waals surface area contributed by atoms with Crippen LogP contribution in [0.4, 0.5) is 0 Å². The number of hydrogen-bond donors (Lipinski definition) is 8. The number of rotatable bonds is 20. The maximum absolute atomic E-state index is 12.8. The van der Waals surface area contributed by atoms with E-state index in [1.54, 1.807) is 14.1 Å². The summed E-state index contributed by atoms with van der Waals surface area (Å²) in [4.78, 5) is 48.6. The first-order chi connectivity index (χ1) is 26.1. The first kappa shape index (κ1) is 64.5. The Morgan fingerprint density at radius 3 is 1.84 bits per heavy atom. The van der Waals surface area contributed by atoms with Gasteiger partial charge in [-0.25, -0.2) is 0 Å². The summed E-state index contributed by atoms with van der Waals surface area (Å²) in [5.74, 6) is -1.68. The highest BCUT2D eigenvalue weighted by atomic mass is 33.1. The van der Waals surface area contributed by atoms with Gasteiger partial charge < -0.3 is 42.3 Å². The summed E-state index contributed by atoms with van der Waals surface area (Å²) in [6, 6.07) is -0.768. The number of carboxylic acid groups (broad SMARTS) is 1. The molecule has 1 saturated carbocycles. The first-order valence-electron chi connectivity index (χ1n) is 20.5. The molecule has 1 aliphatic rings. The van der Waals surface area contributed by atoms with Gasteiger partial charge in [-0.1, -0.05) is 101 Å². The van der Waals surface area contributed by atoms with Crippen molar-refractivity contribution in [3.05, 3.63) is 24.6 Å². The third-order valence-corrected chi connectivity index (χ3v) is 7.33. The van der Waals surface area contributed by atoms with E-state index in [-0.39, 0.29) is 42.8 Å². The summed E-state index contributed by atoms with van der Waals surface area (Å²) >= 11 is 3.71. The van der Waals surface area contributed by atoms with Crippen LogP contribution in [0.25, 0.3) is 0 Å². The number of aliphatic carboxylic acids is 1. The van der Waals surface area contributed by atoms with Crippen molar-refractivity contribution in [1.82, 2.24) is 31.5 Å². The Kier molecular flexibility index (Phi) is 60.5. The molecule has 55 heavy (non-hydrogen) atoms. The van der Waals surface area contributed by atoms with Crippen molar-refractivity contribution in [3.8, 4) is 0 Å². The lowest BCUT2D eigenvalue weighted by Crippen LogP contribution is -2.53. The van der Waals surface area contributed by atoms with Crippen molar-refractivity contribution in [2.24, 2.45) is 5.73 Å². The van der Waals surface area contributed by atoms with E-state index in [0.29, 0.717) is 13.1 Å². The molecule has 0 radical (unpaired) electrons. The third-order valence-electron chi connectivity index (χ3n) is 7.33. The van der Waals surface area contributed by atoms with Crippen LogP contribution in [-0.4, -0.2) is 98.4 Å². The molecule has 0 aromatic carbocycles. The Morgan fingerprint density at radius 2 is 1.40 bits per heavy atom. The average Bonchev–Trinajstić information content (AvgIpc) is 3.15. The first-order valence-corrected chi connectivity index (χ1v) is 22.8. The van der Waals surface area contributed by atoms with E-state index in [2.05, 4.69) is 79.1 Å². The largest absolute Gasteiger partial charge is 0.481 e. The minimum absolute atomic E-state index is 0.0216. The molecular weight excluding hydrogens is 735 g/mol. The van der Waals surface area contributed by atoms with Crippen LogP contribution in [-0.2, 0) is 19.2 Å². The van der Waals surface area contributed by atoms with Gasteiger partial charge >= 0.3 is 0 Å². The number of carbonyl (C=O) groups excluding carboxylic acids is 3. The molecule has 14 heteroatoms. The summed E-state index contributed by atoms with van der Waals surface area (Å²) in [6.07, 6.45) is 14.6. The fraction of sp³-hybridized carbons (Fsp3) is 0.805. The quantitative estimate of drug-likeness (QED) is 0.0346. The smallest absolute Gasteiger partial charge is 0.300 e. The summed E-state index contributed by atoms with van der Waals surface area (Å²) < 4.78 is 0. The number of nitrogens with zero attached hydrogens (tertiary/aromatic N) is 1. The molecule has 8 N–H and O–H groups in total. The minimum Gasteiger partial charge on any atom is -0.481 e. The molecule has 0 saturated heterocycles. The number of hydrogen-bond acceptors (Lipinski definition) is 10. The molecule has 0 spiro atoms. The highest BCUT2D eigenvalue weighted by molar-refractivity contribution is 8.68. The second-order valence-corrected chi connectivity index (χ2v) is 13.9. The molecule has 1 rings (SSSR count). The average molecular weight is 824 g/mol. The van der Waals surface area contributed by atoms with Crippen molar-refractivity contribution >= 4 is 46.1 Å². The fourth-order valence-electron chi connectivity index (χ4n) is 4.31. The normalized spacial score (nSPS) is 13.9. The highest BCUT2D eigenvalue weighted by Crippen LogP contribution is 2.17. The van der Waals surface area contributed by atoms with Gasteiger partial charge in [0.05, 0.1) is 13.0 Å². The van der Waals surface area contributed by atoms with Crippen molar-refractivity contribution in [2.75, 3.05) is 46.5 Å². The van der Waals surface area contributed by atoms with Gasteiger partial charge in [0.1, 0.15) is 6.04 Å². The van der Waals surface area contributed by atoms with Gasteiger partial charge in [0, 0.05) is 57.1 Å². The van der Waals surface area contributed by atoms with E-state index >= 15 is 0 Å². The lowest BCUT2D eigenvalue weighted by molar-refractivity contribution is -0.140. The molecule has 3 amide bonds. The second kappa shape index (κ2) is 51.6. The van der Waals surface area contributed by atoms with E-state index in [1.807, 2.05) is 40.9 Å². The molecule has 3 atom stereocenters. The summed E-state index contributed by atoms with van der Waals surface area (Å²) in [5, 5.41) is 22.4. The molecule has 0 heterocycles. The molecule has 330 valence electrons. The zero-order valence-electron chi connectivity index (χ0n) is 37.6. The standard InChI is InChI=1S/C23H44N6O3.C7H15N.C4H10.C2H4O2.2C2H6.CH4S2/c1-5-6-7-9-17(2)27-16-22(31)29(4)20(23(32)26-13-12-25-3)15-21(30)28-19-11-8-10-18(24)14-19;1-4-5-6-8-7(2)3;1-3-4-2;1-2(3)4;2*1-2;1-3-2/h18-20,25,27H,2,5-16,24H2,1,3-4H3,(H,26,32)(H,28,30);8H,2,4-6H2,1,3H3;3-4H2,1-2H3;1H3,(H,3,4);2*1-2H3;2H,1H3. The molecule has 1 aliphatic carbocycles. The zero-order chi connectivity index (χ0) is 44.0. The van der Waals surface area contributed by atoms with Crippen molar-refractivity contribution in [1.29, 1.82) is 0 Å². The van der Waals surface area contributed by atoms with Crippen molar-refractivity contribution in [3.63, 3.8) is 0 Å². The van der Waals surface area contributed by atoms with Gasteiger partial charge in [0.25, 0.3) is 5.97 Å². The summed E-state index contributed by atoms with van der Waals surface area (Å²) in [5.41, 5.74) is 7.89. The predicted molar refractivity (Wildman–Crippen MR) is 245 cm³/mol. The van der Waals surface area contributed by atoms with Gasteiger partial charge in [0.15, 0.2) is 0 Å². The molecule has 0 aliphatic heterocycles. The van der Waals surface area contributed by atoms with Crippen LogP contribution in [0.3, 0.4) is 0 Å². The number of nitrogens with two attached hydrogens (primary N) is 1. The Balaban J connectivity index is -0.000000212. The SMILES string of the molecule is C=C(C)NCCCC.C=C(CCCCC)NCC(=O)N(C)C(CC(=O)NC1CCCC(N)C1)C(=O)NCCNC.CC.CC.CC(=O)O.CCCC.CSS. The number of allylic oxidation sites excluding steroid dienone is 2. The van der Waals surface area contributed by atoms with Crippen LogP contribution < -0.4 is 32.3 Å². The summed E-state index contributed by atoms with van der Waals surface area (Å²) in [6.45, 7) is 29.6. The highest BCUT2D eigenvalue weighted by Gasteiger charge is 2.30. The fourth-order valence-corrected chi connectivity index (χ4v) is 4.31.